The van der Waals surface area contributed by atoms with Crippen molar-refractivity contribution in [1.29, 1.82) is 0 Å². The van der Waals surface area contributed by atoms with Gasteiger partial charge in [-0.3, -0.25) is 9.59 Å². The third-order valence-electron chi connectivity index (χ3n) is 6.00. The summed E-state index contributed by atoms with van der Waals surface area (Å²) in [5.41, 5.74) is 0.999. The van der Waals surface area contributed by atoms with Crippen molar-refractivity contribution >= 4 is 29.6 Å². The minimum atomic E-state index is -0.198. The number of hydrazone groups is 1. The van der Waals surface area contributed by atoms with E-state index in [1.54, 1.807) is 12.1 Å². The second-order valence-corrected chi connectivity index (χ2v) is 7.45. The molecule has 23 heavy (non-hydrogen) atoms. The molecule has 2 amide bonds. The molecule has 3 fully saturated rings. The SMILES string of the molecule is O=C1[C@@H]2[C@H](C(=O)N1/N=C\c1cccc(Cl)c1)[C@H]1C=C[C@@H]2C12CC2. The number of carbonyl (C=O) groups is 2. The molecule has 5 rings (SSSR count). The van der Waals surface area contributed by atoms with Crippen LogP contribution in [0.15, 0.2) is 41.5 Å². The van der Waals surface area contributed by atoms with Crippen LogP contribution in [-0.4, -0.2) is 23.0 Å². The van der Waals surface area contributed by atoms with Crippen LogP contribution in [0.5, 0.6) is 0 Å². The van der Waals surface area contributed by atoms with Crippen molar-refractivity contribution in [2.24, 2.45) is 34.2 Å². The molecule has 1 aromatic rings. The van der Waals surface area contributed by atoms with Gasteiger partial charge in [-0.05, 0) is 47.8 Å². The molecule has 1 spiro atoms. The smallest absolute Gasteiger partial charge is 0.254 e. The summed E-state index contributed by atoms with van der Waals surface area (Å²) in [6.07, 6.45) is 8.15. The van der Waals surface area contributed by atoms with Gasteiger partial charge in [-0.25, -0.2) is 0 Å². The minimum Gasteiger partial charge on any atom is -0.272 e. The topological polar surface area (TPSA) is 49.7 Å². The minimum absolute atomic E-state index is 0.138. The fraction of sp³-hybridized carbons (Fsp3) is 0.389. The molecule has 2 bridgehead atoms. The summed E-state index contributed by atoms with van der Waals surface area (Å²) in [7, 11) is 0. The third kappa shape index (κ3) is 1.65. The molecule has 0 unspecified atom stereocenters. The number of nitrogens with zero attached hydrogens (tertiary/aromatic N) is 2. The van der Waals surface area contributed by atoms with Crippen molar-refractivity contribution in [3.05, 3.63) is 47.0 Å². The number of hydrogen-bond acceptors (Lipinski definition) is 3. The van der Waals surface area contributed by atoms with E-state index < -0.39 is 0 Å². The van der Waals surface area contributed by atoms with E-state index in [-0.39, 0.29) is 40.9 Å². The number of amides is 2. The summed E-state index contributed by atoms with van der Waals surface area (Å²) in [4.78, 5) is 25.4. The second kappa shape index (κ2) is 4.32. The monoisotopic (exact) mass is 326 g/mol. The van der Waals surface area contributed by atoms with E-state index in [0.717, 1.165) is 23.4 Å². The maximum atomic E-state index is 12.7. The largest absolute Gasteiger partial charge is 0.272 e. The quantitative estimate of drug-likeness (QED) is 0.476. The van der Waals surface area contributed by atoms with Gasteiger partial charge in [-0.1, -0.05) is 35.9 Å². The normalized spacial score (nSPS) is 35.8. The summed E-state index contributed by atoms with van der Waals surface area (Å²) < 4.78 is 0. The van der Waals surface area contributed by atoms with Crippen LogP contribution in [-0.2, 0) is 9.59 Å². The number of benzene rings is 1. The Morgan fingerprint density at radius 2 is 1.78 bits per heavy atom. The molecule has 1 aromatic carbocycles. The van der Waals surface area contributed by atoms with Gasteiger partial charge in [0.2, 0.25) is 0 Å². The zero-order chi connectivity index (χ0) is 15.8. The molecule has 1 saturated heterocycles. The molecule has 1 heterocycles. The summed E-state index contributed by atoms with van der Waals surface area (Å²) >= 11 is 5.94. The number of rotatable bonds is 2. The van der Waals surface area contributed by atoms with Crippen molar-refractivity contribution in [2.75, 3.05) is 0 Å². The molecular formula is C18H15ClN2O2. The molecule has 0 N–H and O–H groups in total. The highest BCUT2D eigenvalue weighted by Gasteiger charge is 2.73. The molecule has 4 nitrogen and oxygen atoms in total. The van der Waals surface area contributed by atoms with Crippen molar-refractivity contribution in [3.8, 4) is 0 Å². The van der Waals surface area contributed by atoms with Crippen LogP contribution in [0.25, 0.3) is 0 Å². The molecule has 0 aromatic heterocycles. The lowest BCUT2D eigenvalue weighted by molar-refractivity contribution is -0.141. The maximum Gasteiger partial charge on any atom is 0.254 e. The fourth-order valence-electron chi connectivity index (χ4n) is 4.89. The first-order valence-electron chi connectivity index (χ1n) is 7.97. The van der Waals surface area contributed by atoms with Crippen LogP contribution in [0.2, 0.25) is 5.02 Å². The first-order valence-corrected chi connectivity index (χ1v) is 8.35. The van der Waals surface area contributed by atoms with Gasteiger partial charge in [0.15, 0.2) is 0 Å². The molecule has 2 saturated carbocycles. The number of hydrogen-bond donors (Lipinski definition) is 0. The number of carbonyl (C=O) groups excluding carboxylic acids is 2. The third-order valence-corrected chi connectivity index (χ3v) is 6.24. The van der Waals surface area contributed by atoms with E-state index >= 15 is 0 Å². The highest BCUT2D eigenvalue weighted by Crippen LogP contribution is 2.73. The molecule has 1 aliphatic heterocycles. The van der Waals surface area contributed by atoms with Gasteiger partial charge in [-0.2, -0.15) is 10.1 Å². The zero-order valence-corrected chi connectivity index (χ0v) is 13.1. The lowest BCUT2D eigenvalue weighted by Gasteiger charge is -2.18. The highest BCUT2D eigenvalue weighted by molar-refractivity contribution is 6.30. The fourth-order valence-corrected chi connectivity index (χ4v) is 5.09. The van der Waals surface area contributed by atoms with Crippen LogP contribution < -0.4 is 0 Å². The number of imide groups is 1. The van der Waals surface area contributed by atoms with E-state index in [9.17, 15) is 9.59 Å². The van der Waals surface area contributed by atoms with Gasteiger partial charge < -0.3 is 0 Å². The van der Waals surface area contributed by atoms with Crippen LogP contribution in [0.3, 0.4) is 0 Å². The Balaban J connectivity index is 1.44. The molecular weight excluding hydrogens is 312 g/mol. The molecule has 4 atom stereocenters. The van der Waals surface area contributed by atoms with Gasteiger partial charge in [0, 0.05) is 5.02 Å². The predicted octanol–water partition coefficient (Wildman–Crippen LogP) is 2.87. The Morgan fingerprint density at radius 1 is 1.13 bits per heavy atom. The van der Waals surface area contributed by atoms with Gasteiger partial charge in [0.1, 0.15) is 0 Å². The molecule has 3 aliphatic carbocycles. The van der Waals surface area contributed by atoms with Crippen molar-refractivity contribution < 1.29 is 9.59 Å². The van der Waals surface area contributed by atoms with Crippen molar-refractivity contribution in [3.63, 3.8) is 0 Å². The second-order valence-electron chi connectivity index (χ2n) is 7.01. The summed E-state index contributed by atoms with van der Waals surface area (Å²) in [5.74, 6) is -0.198. The van der Waals surface area contributed by atoms with Gasteiger partial charge in [0.25, 0.3) is 11.8 Å². The lowest BCUT2D eigenvalue weighted by Crippen LogP contribution is -2.30. The van der Waals surface area contributed by atoms with Crippen LogP contribution in [0, 0.1) is 29.1 Å². The molecule has 0 radical (unpaired) electrons. The van der Waals surface area contributed by atoms with Crippen LogP contribution in [0.4, 0.5) is 0 Å². The summed E-state index contributed by atoms with van der Waals surface area (Å²) in [6, 6.07) is 7.17. The first kappa shape index (κ1) is 13.5. The Morgan fingerprint density at radius 3 is 2.35 bits per heavy atom. The van der Waals surface area contributed by atoms with Gasteiger partial charge >= 0.3 is 0 Å². The predicted molar refractivity (Wildman–Crippen MR) is 85.7 cm³/mol. The Bertz CT molecular complexity index is 762. The Hall–Kier alpha value is -1.94. The average molecular weight is 327 g/mol. The van der Waals surface area contributed by atoms with E-state index in [0.29, 0.717) is 5.02 Å². The van der Waals surface area contributed by atoms with E-state index in [2.05, 4.69) is 17.3 Å². The van der Waals surface area contributed by atoms with E-state index in [1.807, 2.05) is 12.1 Å². The van der Waals surface area contributed by atoms with Gasteiger partial charge in [-0.15, -0.1) is 0 Å². The molecule has 116 valence electrons. The lowest BCUT2D eigenvalue weighted by atomic mass is 9.85. The first-order chi connectivity index (χ1) is 11.1. The standard InChI is InChI=1S/C18H15ClN2O2/c19-11-3-1-2-10(8-11)9-20-21-16(22)14-12-4-5-13(15(14)17(21)23)18(12)6-7-18/h1-5,8-9,12-15H,6-7H2/b20-9-/t12-,13+,14-,15+. The van der Waals surface area contributed by atoms with Crippen LogP contribution in [0.1, 0.15) is 18.4 Å². The zero-order valence-electron chi connectivity index (χ0n) is 12.4. The molecule has 5 heteroatoms. The van der Waals surface area contributed by atoms with E-state index in [4.69, 9.17) is 11.6 Å². The number of allylic oxidation sites excluding steroid dienone is 2. The Kier molecular flexibility index (Phi) is 2.54. The number of halogens is 1. The highest BCUT2D eigenvalue weighted by atomic mass is 35.5. The van der Waals surface area contributed by atoms with Crippen molar-refractivity contribution in [1.82, 2.24) is 5.01 Å². The summed E-state index contributed by atoms with van der Waals surface area (Å²) in [5, 5.41) is 5.85. The molecule has 4 aliphatic rings. The van der Waals surface area contributed by atoms with Crippen LogP contribution >= 0.6 is 11.6 Å². The van der Waals surface area contributed by atoms with Gasteiger partial charge in [0.05, 0.1) is 18.1 Å². The maximum absolute atomic E-state index is 12.7. The average Bonchev–Trinajstić information content (AvgIpc) is 3.13. The Labute approximate surface area is 138 Å². The summed E-state index contributed by atoms with van der Waals surface area (Å²) in [6.45, 7) is 0. The number of fused-ring (bicyclic) bond motifs is 3. The van der Waals surface area contributed by atoms with E-state index in [1.165, 1.54) is 6.21 Å². The van der Waals surface area contributed by atoms with Crippen molar-refractivity contribution in [2.45, 2.75) is 12.8 Å².